The number of benzene rings is 2. The van der Waals surface area contributed by atoms with Gasteiger partial charge in [-0.1, -0.05) is 29.9 Å². The zero-order chi connectivity index (χ0) is 19.6. The summed E-state index contributed by atoms with van der Waals surface area (Å²) in [5, 5.41) is 0.301. The highest BCUT2D eigenvalue weighted by atomic mass is 35.5. The van der Waals surface area contributed by atoms with Crippen molar-refractivity contribution in [1.82, 2.24) is 4.90 Å². The van der Waals surface area contributed by atoms with Gasteiger partial charge in [0.25, 0.3) is 0 Å². The molecule has 0 saturated carbocycles. The molecule has 0 aromatic heterocycles. The van der Waals surface area contributed by atoms with Crippen molar-refractivity contribution < 1.29 is 27.4 Å². The van der Waals surface area contributed by atoms with Gasteiger partial charge >= 0.3 is 12.1 Å². The van der Waals surface area contributed by atoms with Crippen molar-refractivity contribution in [3.8, 4) is 5.75 Å². The SMILES string of the molecule is COC(=O)CN(C)C(=S)c1c(Cl)ccc2c(C(F)(F)F)c(OC)ccc12. The summed E-state index contributed by atoms with van der Waals surface area (Å²) in [7, 11) is 3.93. The molecule has 0 aliphatic rings. The number of carbonyl (C=O) groups is 1. The van der Waals surface area contributed by atoms with E-state index in [4.69, 9.17) is 28.6 Å². The van der Waals surface area contributed by atoms with Crippen LogP contribution in [0.15, 0.2) is 24.3 Å². The predicted molar refractivity (Wildman–Crippen MR) is 96.9 cm³/mol. The van der Waals surface area contributed by atoms with E-state index in [1.165, 1.54) is 50.4 Å². The first-order valence-corrected chi connectivity index (χ1v) is 8.09. The Labute approximate surface area is 158 Å². The number of likely N-dealkylation sites (N-methyl/N-ethyl adjacent to an activating group) is 1. The third-order valence-electron chi connectivity index (χ3n) is 3.77. The number of hydrogen-bond acceptors (Lipinski definition) is 4. The van der Waals surface area contributed by atoms with E-state index in [2.05, 4.69) is 4.74 Å². The highest BCUT2D eigenvalue weighted by Gasteiger charge is 2.37. The summed E-state index contributed by atoms with van der Waals surface area (Å²) in [6, 6.07) is 5.29. The first-order valence-electron chi connectivity index (χ1n) is 7.30. The standard InChI is InChI=1S/C17H15ClF3NO3S/c1-22(8-13(23)25-3)16(26)14-9-5-7-12(24-2)15(17(19,20)21)10(9)4-6-11(14)18/h4-7H,8H2,1-3H3. The molecule has 0 N–H and O–H groups in total. The van der Waals surface area contributed by atoms with Gasteiger partial charge in [0, 0.05) is 12.6 Å². The van der Waals surface area contributed by atoms with Crippen LogP contribution in [-0.4, -0.2) is 43.7 Å². The first kappa shape index (κ1) is 20.3. The molecule has 0 spiro atoms. The van der Waals surface area contributed by atoms with Crippen LogP contribution in [0.5, 0.6) is 5.75 Å². The Bertz CT molecular complexity index is 870. The van der Waals surface area contributed by atoms with E-state index in [0.717, 1.165) is 0 Å². The molecule has 2 aromatic rings. The number of carbonyl (C=O) groups excluding carboxylic acids is 1. The molecule has 2 rings (SSSR count). The first-order chi connectivity index (χ1) is 12.1. The number of hydrogen-bond donors (Lipinski definition) is 0. The maximum atomic E-state index is 13.6. The molecule has 0 fully saturated rings. The molecule has 9 heteroatoms. The van der Waals surface area contributed by atoms with E-state index in [9.17, 15) is 18.0 Å². The number of thiocarbonyl (C=S) groups is 1. The summed E-state index contributed by atoms with van der Waals surface area (Å²) in [5.41, 5.74) is -0.674. The molecule has 0 amide bonds. The third kappa shape index (κ3) is 3.86. The fourth-order valence-corrected chi connectivity index (χ4v) is 3.15. The fourth-order valence-electron chi connectivity index (χ4n) is 2.56. The van der Waals surface area contributed by atoms with Gasteiger partial charge in [-0.25, -0.2) is 0 Å². The average Bonchev–Trinajstić information content (AvgIpc) is 2.58. The molecule has 2 aromatic carbocycles. The molecule has 0 saturated heterocycles. The Balaban J connectivity index is 2.70. The Hall–Kier alpha value is -2.06. The van der Waals surface area contributed by atoms with Crippen molar-refractivity contribution in [3.05, 3.63) is 40.4 Å². The Morgan fingerprint density at radius 1 is 1.19 bits per heavy atom. The van der Waals surface area contributed by atoms with E-state index in [1.807, 2.05) is 0 Å². The lowest BCUT2D eigenvalue weighted by Gasteiger charge is -2.22. The van der Waals surface area contributed by atoms with Gasteiger partial charge in [-0.2, -0.15) is 13.2 Å². The lowest BCUT2D eigenvalue weighted by molar-refractivity contribution is -0.140. The van der Waals surface area contributed by atoms with Crippen LogP contribution < -0.4 is 4.74 Å². The number of methoxy groups -OCH3 is 2. The van der Waals surface area contributed by atoms with E-state index >= 15 is 0 Å². The summed E-state index contributed by atoms with van der Waals surface area (Å²) >= 11 is 11.6. The highest BCUT2D eigenvalue weighted by Crippen LogP contribution is 2.43. The summed E-state index contributed by atoms with van der Waals surface area (Å²) in [6.45, 7) is -0.162. The van der Waals surface area contributed by atoms with Crippen molar-refractivity contribution in [2.75, 3.05) is 27.8 Å². The summed E-state index contributed by atoms with van der Waals surface area (Å²) in [4.78, 5) is 13.0. The van der Waals surface area contributed by atoms with E-state index in [0.29, 0.717) is 0 Å². The predicted octanol–water partition coefficient (Wildman–Crippen LogP) is 4.30. The number of nitrogens with zero attached hydrogens (tertiary/aromatic N) is 1. The van der Waals surface area contributed by atoms with Gasteiger partial charge in [0.15, 0.2) is 0 Å². The second-order valence-corrected chi connectivity index (χ2v) is 6.19. The number of halogens is 4. The van der Waals surface area contributed by atoms with Crippen molar-refractivity contribution in [2.24, 2.45) is 0 Å². The minimum atomic E-state index is -4.63. The molecular weight excluding hydrogens is 391 g/mol. The number of alkyl halides is 3. The summed E-state index contributed by atoms with van der Waals surface area (Å²) in [6.07, 6.45) is -4.63. The van der Waals surface area contributed by atoms with E-state index < -0.39 is 17.7 Å². The number of fused-ring (bicyclic) bond motifs is 1. The number of rotatable bonds is 4. The van der Waals surface area contributed by atoms with Gasteiger partial charge in [0.1, 0.15) is 22.8 Å². The van der Waals surface area contributed by atoms with Crippen LogP contribution in [0.25, 0.3) is 10.8 Å². The van der Waals surface area contributed by atoms with Crippen LogP contribution >= 0.6 is 23.8 Å². The molecule has 4 nitrogen and oxygen atoms in total. The number of esters is 1. The molecular formula is C17H15ClF3NO3S. The van der Waals surface area contributed by atoms with Crippen molar-refractivity contribution >= 4 is 45.5 Å². The highest BCUT2D eigenvalue weighted by molar-refractivity contribution is 7.80. The summed E-state index contributed by atoms with van der Waals surface area (Å²) < 4.78 is 50.1. The number of ether oxygens (including phenoxy) is 2. The fraction of sp³-hybridized carbons (Fsp3) is 0.294. The van der Waals surface area contributed by atoms with E-state index in [1.54, 1.807) is 0 Å². The van der Waals surface area contributed by atoms with Crippen LogP contribution in [0.4, 0.5) is 13.2 Å². The Morgan fingerprint density at radius 2 is 1.81 bits per heavy atom. The molecule has 0 aliphatic carbocycles. The maximum Gasteiger partial charge on any atom is 0.420 e. The molecule has 0 unspecified atom stereocenters. The Morgan fingerprint density at radius 3 is 2.35 bits per heavy atom. The van der Waals surface area contributed by atoms with Gasteiger partial charge in [0.2, 0.25) is 0 Å². The van der Waals surface area contributed by atoms with Crippen LogP contribution in [-0.2, 0) is 15.7 Å². The van der Waals surface area contributed by atoms with Crippen LogP contribution in [0, 0.1) is 0 Å². The maximum absolute atomic E-state index is 13.6. The summed E-state index contributed by atoms with van der Waals surface area (Å²) in [5.74, 6) is -0.837. The smallest absolute Gasteiger partial charge is 0.420 e. The van der Waals surface area contributed by atoms with Crippen LogP contribution in [0.3, 0.4) is 0 Å². The topological polar surface area (TPSA) is 38.8 Å². The van der Waals surface area contributed by atoms with Crippen molar-refractivity contribution in [1.29, 1.82) is 0 Å². The lowest BCUT2D eigenvalue weighted by atomic mass is 9.98. The van der Waals surface area contributed by atoms with Gasteiger partial charge in [-0.15, -0.1) is 0 Å². The molecule has 0 heterocycles. The molecule has 0 bridgehead atoms. The molecule has 0 atom stereocenters. The van der Waals surface area contributed by atoms with Crippen molar-refractivity contribution in [3.63, 3.8) is 0 Å². The van der Waals surface area contributed by atoms with Gasteiger partial charge in [0.05, 0.1) is 19.2 Å². The molecule has 26 heavy (non-hydrogen) atoms. The normalized spacial score (nSPS) is 11.3. The minimum Gasteiger partial charge on any atom is -0.496 e. The van der Waals surface area contributed by atoms with Gasteiger partial charge in [-0.3, -0.25) is 4.79 Å². The molecule has 0 aliphatic heterocycles. The van der Waals surface area contributed by atoms with Crippen LogP contribution in [0.2, 0.25) is 5.02 Å². The second-order valence-electron chi connectivity index (χ2n) is 5.40. The van der Waals surface area contributed by atoms with Gasteiger partial charge in [-0.05, 0) is 29.0 Å². The van der Waals surface area contributed by atoms with Crippen molar-refractivity contribution in [2.45, 2.75) is 6.18 Å². The molecule has 140 valence electrons. The average molecular weight is 406 g/mol. The zero-order valence-corrected chi connectivity index (χ0v) is 15.7. The monoisotopic (exact) mass is 405 g/mol. The van der Waals surface area contributed by atoms with E-state index in [-0.39, 0.29) is 38.6 Å². The zero-order valence-electron chi connectivity index (χ0n) is 14.1. The second kappa shape index (κ2) is 7.67. The minimum absolute atomic E-state index is 0.0925. The lowest BCUT2D eigenvalue weighted by Crippen LogP contribution is -2.32. The molecule has 0 radical (unpaired) electrons. The largest absolute Gasteiger partial charge is 0.496 e. The Kier molecular flexibility index (Phi) is 5.98. The van der Waals surface area contributed by atoms with Gasteiger partial charge < -0.3 is 14.4 Å². The third-order valence-corrected chi connectivity index (χ3v) is 4.60. The quantitative estimate of drug-likeness (QED) is 0.560. The van der Waals surface area contributed by atoms with Crippen LogP contribution in [0.1, 0.15) is 11.1 Å².